The summed E-state index contributed by atoms with van der Waals surface area (Å²) in [7, 11) is 0. The van der Waals surface area contributed by atoms with E-state index in [1.54, 1.807) is 28.8 Å². The zero-order valence-corrected chi connectivity index (χ0v) is 17.4. The number of aromatic nitrogens is 2. The van der Waals surface area contributed by atoms with Crippen molar-refractivity contribution in [3.05, 3.63) is 96.0 Å². The first-order valence-electron chi connectivity index (χ1n) is 8.94. The van der Waals surface area contributed by atoms with Gasteiger partial charge in [0.15, 0.2) is 0 Å². The standard InChI is InChI=1S/C22H19ClN2O2S/c1-13-6-4-5-7-16(13)12-24-21-19(14(2)15(3)28-21)20(26)25(22(24)27)18-10-8-17(23)9-11-18/h4-11H,12H2,1-3H3. The summed E-state index contributed by atoms with van der Waals surface area (Å²) < 4.78 is 2.95. The number of aryl methyl sites for hydroxylation is 3. The minimum atomic E-state index is -0.343. The largest absolute Gasteiger partial charge is 0.337 e. The van der Waals surface area contributed by atoms with Crippen molar-refractivity contribution in [3.63, 3.8) is 0 Å². The molecule has 0 aliphatic rings. The van der Waals surface area contributed by atoms with Crippen LogP contribution in [0.1, 0.15) is 21.6 Å². The van der Waals surface area contributed by atoms with Crippen molar-refractivity contribution in [1.82, 2.24) is 9.13 Å². The molecule has 6 heteroatoms. The van der Waals surface area contributed by atoms with E-state index in [4.69, 9.17) is 11.6 Å². The predicted octanol–water partition coefficient (Wildman–Crippen LogP) is 4.84. The first-order chi connectivity index (χ1) is 13.4. The van der Waals surface area contributed by atoms with Crippen LogP contribution in [0.5, 0.6) is 0 Å². The van der Waals surface area contributed by atoms with Crippen molar-refractivity contribution in [2.45, 2.75) is 27.3 Å². The van der Waals surface area contributed by atoms with Gasteiger partial charge >= 0.3 is 5.69 Å². The number of benzene rings is 2. The maximum atomic E-state index is 13.4. The molecule has 0 spiro atoms. The molecule has 0 N–H and O–H groups in total. The molecule has 2 heterocycles. The minimum Gasteiger partial charge on any atom is -0.279 e. The van der Waals surface area contributed by atoms with Crippen LogP contribution >= 0.6 is 22.9 Å². The molecule has 0 atom stereocenters. The van der Waals surface area contributed by atoms with E-state index in [0.29, 0.717) is 22.6 Å². The third kappa shape index (κ3) is 3.01. The van der Waals surface area contributed by atoms with Crippen LogP contribution in [0.2, 0.25) is 5.02 Å². The van der Waals surface area contributed by atoms with Gasteiger partial charge in [-0.1, -0.05) is 35.9 Å². The number of nitrogens with zero attached hydrogens (tertiary/aromatic N) is 2. The summed E-state index contributed by atoms with van der Waals surface area (Å²) in [6.07, 6.45) is 0. The average Bonchev–Trinajstić information content (AvgIpc) is 2.97. The number of halogens is 1. The summed E-state index contributed by atoms with van der Waals surface area (Å²) in [5.74, 6) is 0. The van der Waals surface area contributed by atoms with Crippen molar-refractivity contribution in [2.75, 3.05) is 0 Å². The predicted molar refractivity (Wildman–Crippen MR) is 116 cm³/mol. The van der Waals surface area contributed by atoms with Crippen molar-refractivity contribution in [2.24, 2.45) is 0 Å². The average molecular weight is 411 g/mol. The van der Waals surface area contributed by atoms with Crippen LogP contribution in [-0.4, -0.2) is 9.13 Å². The van der Waals surface area contributed by atoms with E-state index >= 15 is 0 Å². The number of thiophene rings is 1. The molecule has 142 valence electrons. The Kier molecular flexibility index (Phi) is 4.73. The van der Waals surface area contributed by atoms with E-state index < -0.39 is 0 Å². The van der Waals surface area contributed by atoms with Gasteiger partial charge in [0, 0.05) is 9.90 Å². The number of fused-ring (bicyclic) bond motifs is 1. The Morgan fingerprint density at radius 2 is 1.64 bits per heavy atom. The zero-order valence-electron chi connectivity index (χ0n) is 15.8. The fourth-order valence-corrected chi connectivity index (χ4v) is 4.64. The third-order valence-electron chi connectivity index (χ3n) is 5.13. The molecule has 28 heavy (non-hydrogen) atoms. The van der Waals surface area contributed by atoms with Gasteiger partial charge in [-0.25, -0.2) is 9.36 Å². The molecular weight excluding hydrogens is 392 g/mol. The molecule has 0 bridgehead atoms. The van der Waals surface area contributed by atoms with E-state index in [-0.39, 0.29) is 11.2 Å². The maximum absolute atomic E-state index is 13.4. The van der Waals surface area contributed by atoms with Crippen molar-refractivity contribution < 1.29 is 0 Å². The highest BCUT2D eigenvalue weighted by Gasteiger charge is 2.20. The Bertz CT molecular complexity index is 1310. The van der Waals surface area contributed by atoms with E-state index in [1.807, 2.05) is 45.0 Å². The van der Waals surface area contributed by atoms with Gasteiger partial charge in [-0.15, -0.1) is 11.3 Å². The lowest BCUT2D eigenvalue weighted by atomic mass is 10.1. The third-order valence-corrected chi connectivity index (χ3v) is 6.61. The minimum absolute atomic E-state index is 0.287. The zero-order chi connectivity index (χ0) is 20.0. The summed E-state index contributed by atoms with van der Waals surface area (Å²) >= 11 is 7.48. The number of hydrogen-bond donors (Lipinski definition) is 0. The highest BCUT2D eigenvalue weighted by Crippen LogP contribution is 2.28. The van der Waals surface area contributed by atoms with E-state index in [1.165, 1.54) is 15.9 Å². The summed E-state index contributed by atoms with van der Waals surface area (Å²) in [5.41, 5.74) is 2.97. The lowest BCUT2D eigenvalue weighted by Crippen LogP contribution is -2.39. The van der Waals surface area contributed by atoms with Gasteiger partial charge < -0.3 is 0 Å². The van der Waals surface area contributed by atoms with Crippen LogP contribution < -0.4 is 11.2 Å². The topological polar surface area (TPSA) is 44.0 Å². The Morgan fingerprint density at radius 1 is 0.964 bits per heavy atom. The molecule has 0 fully saturated rings. The molecule has 4 nitrogen and oxygen atoms in total. The highest BCUT2D eigenvalue weighted by molar-refractivity contribution is 7.18. The van der Waals surface area contributed by atoms with Crippen LogP contribution in [0.4, 0.5) is 0 Å². The fourth-order valence-electron chi connectivity index (χ4n) is 3.37. The lowest BCUT2D eigenvalue weighted by molar-refractivity contribution is 0.716. The Morgan fingerprint density at radius 3 is 2.32 bits per heavy atom. The second-order valence-corrected chi connectivity index (χ2v) is 8.52. The van der Waals surface area contributed by atoms with Crippen LogP contribution in [-0.2, 0) is 6.54 Å². The monoisotopic (exact) mass is 410 g/mol. The molecule has 0 unspecified atom stereocenters. The molecule has 4 rings (SSSR count). The molecule has 0 aliphatic heterocycles. The molecule has 0 radical (unpaired) electrons. The van der Waals surface area contributed by atoms with Crippen molar-refractivity contribution in [1.29, 1.82) is 0 Å². The highest BCUT2D eigenvalue weighted by atomic mass is 35.5. The van der Waals surface area contributed by atoms with Gasteiger partial charge in [-0.05, 0) is 61.7 Å². The second kappa shape index (κ2) is 7.08. The van der Waals surface area contributed by atoms with Gasteiger partial charge in [0.1, 0.15) is 4.83 Å². The molecule has 0 saturated heterocycles. The molecule has 0 aliphatic carbocycles. The summed E-state index contributed by atoms with van der Waals surface area (Å²) in [4.78, 5) is 28.5. The van der Waals surface area contributed by atoms with Gasteiger partial charge in [0.05, 0.1) is 17.6 Å². The Balaban J connectivity index is 2.07. The van der Waals surface area contributed by atoms with Gasteiger partial charge in [-0.3, -0.25) is 9.36 Å². The smallest absolute Gasteiger partial charge is 0.279 e. The SMILES string of the molecule is Cc1ccccc1Cn1c(=O)n(-c2ccc(Cl)cc2)c(=O)c2c(C)c(C)sc21. The van der Waals surface area contributed by atoms with Crippen LogP contribution in [0.3, 0.4) is 0 Å². The number of rotatable bonds is 3. The van der Waals surface area contributed by atoms with Gasteiger partial charge in [0.25, 0.3) is 5.56 Å². The van der Waals surface area contributed by atoms with Crippen LogP contribution in [0.25, 0.3) is 15.9 Å². The molecule has 4 aromatic rings. The summed E-state index contributed by atoms with van der Waals surface area (Å²) in [5, 5.41) is 1.16. The normalized spacial score (nSPS) is 11.3. The number of hydrogen-bond acceptors (Lipinski definition) is 3. The molecule has 2 aromatic heterocycles. The van der Waals surface area contributed by atoms with Gasteiger partial charge in [-0.2, -0.15) is 0 Å². The Hall–Kier alpha value is -2.63. The summed E-state index contributed by atoms with van der Waals surface area (Å²) in [6.45, 7) is 6.35. The maximum Gasteiger partial charge on any atom is 0.337 e. The van der Waals surface area contributed by atoms with Crippen LogP contribution in [0.15, 0.2) is 58.1 Å². The van der Waals surface area contributed by atoms with Crippen molar-refractivity contribution in [3.8, 4) is 5.69 Å². The fraction of sp³-hybridized carbons (Fsp3) is 0.182. The summed E-state index contributed by atoms with van der Waals surface area (Å²) in [6, 6.07) is 14.7. The van der Waals surface area contributed by atoms with Gasteiger partial charge in [0.2, 0.25) is 0 Å². The van der Waals surface area contributed by atoms with E-state index in [9.17, 15) is 9.59 Å². The quantitative estimate of drug-likeness (QED) is 0.485. The first-order valence-corrected chi connectivity index (χ1v) is 10.1. The van der Waals surface area contributed by atoms with E-state index in [2.05, 4.69) is 0 Å². The molecular formula is C22H19ClN2O2S. The Labute approximate surface area is 171 Å². The first kappa shape index (κ1) is 18.7. The van der Waals surface area contributed by atoms with E-state index in [0.717, 1.165) is 26.4 Å². The molecule has 2 aromatic carbocycles. The second-order valence-electron chi connectivity index (χ2n) is 6.88. The van der Waals surface area contributed by atoms with Crippen LogP contribution in [0, 0.1) is 20.8 Å². The van der Waals surface area contributed by atoms with Crippen molar-refractivity contribution >= 4 is 33.2 Å². The molecule has 0 saturated carbocycles. The lowest BCUT2D eigenvalue weighted by Gasteiger charge is -2.14. The molecule has 0 amide bonds.